The number of para-hydroxylation sites is 1. The van der Waals surface area contributed by atoms with Gasteiger partial charge < -0.3 is 4.98 Å². The van der Waals surface area contributed by atoms with Crippen LogP contribution in [0.15, 0.2) is 48.5 Å². The molecule has 0 radical (unpaired) electrons. The molecule has 2 N–H and O–H groups in total. The van der Waals surface area contributed by atoms with Crippen molar-refractivity contribution in [3.05, 3.63) is 82.6 Å². The quantitative estimate of drug-likeness (QED) is 0.527. The third-order valence-electron chi connectivity index (χ3n) is 5.94. The summed E-state index contributed by atoms with van der Waals surface area (Å²) in [4.78, 5) is 11.1. The first kappa shape index (κ1) is 18.1. The average Bonchev–Trinajstić information content (AvgIpc) is 3.32. The van der Waals surface area contributed by atoms with Crippen LogP contribution in [0.2, 0.25) is 0 Å². The lowest BCUT2D eigenvalue weighted by Crippen LogP contribution is -2.36. The second-order valence-electron chi connectivity index (χ2n) is 8.36. The number of fused-ring (bicyclic) bond motifs is 3. The van der Waals surface area contributed by atoms with Crippen molar-refractivity contribution >= 4 is 10.9 Å². The highest BCUT2D eigenvalue weighted by Crippen LogP contribution is 2.38. The van der Waals surface area contributed by atoms with Gasteiger partial charge in [-0.05, 0) is 49.1 Å². The SMILES string of the molecule is Cc1cccc(C2c3[nH]c4ccccc4c3CCN2Cc2cc(C(C)C)n[nH]2)n1. The topological polar surface area (TPSA) is 60.6 Å². The first-order valence-corrected chi connectivity index (χ1v) is 10.4. The molecule has 0 saturated carbocycles. The number of rotatable bonds is 4. The fraction of sp³-hybridized carbons (Fsp3) is 0.333. The van der Waals surface area contributed by atoms with Gasteiger partial charge in [-0.25, -0.2) is 0 Å². The molecule has 5 rings (SSSR count). The van der Waals surface area contributed by atoms with Gasteiger partial charge in [-0.3, -0.25) is 15.0 Å². The maximum atomic E-state index is 4.90. The number of H-pyrrole nitrogens is 2. The van der Waals surface area contributed by atoms with Gasteiger partial charge in [0.25, 0.3) is 0 Å². The Labute approximate surface area is 171 Å². The van der Waals surface area contributed by atoms with Crippen molar-refractivity contribution in [2.45, 2.75) is 45.7 Å². The minimum absolute atomic E-state index is 0.108. The van der Waals surface area contributed by atoms with E-state index in [1.165, 1.54) is 22.2 Å². The normalized spacial score (nSPS) is 17.2. The first-order valence-electron chi connectivity index (χ1n) is 10.4. The van der Waals surface area contributed by atoms with Crippen LogP contribution >= 0.6 is 0 Å². The minimum atomic E-state index is 0.108. The summed E-state index contributed by atoms with van der Waals surface area (Å²) < 4.78 is 0. The molecule has 1 unspecified atom stereocenters. The molecule has 1 aliphatic heterocycles. The van der Waals surface area contributed by atoms with E-state index in [0.29, 0.717) is 5.92 Å². The molecule has 4 heterocycles. The Bertz CT molecular complexity index is 1150. The van der Waals surface area contributed by atoms with Gasteiger partial charge in [-0.15, -0.1) is 0 Å². The van der Waals surface area contributed by atoms with Crippen LogP contribution in [-0.4, -0.2) is 31.6 Å². The number of aromatic amines is 2. The van der Waals surface area contributed by atoms with Crippen molar-refractivity contribution in [3.8, 4) is 0 Å². The van der Waals surface area contributed by atoms with Gasteiger partial charge in [0.05, 0.1) is 17.4 Å². The minimum Gasteiger partial charge on any atom is -0.357 e. The molecular formula is C24H27N5. The highest BCUT2D eigenvalue weighted by Gasteiger charge is 2.32. The predicted octanol–water partition coefficient (Wildman–Crippen LogP) is 4.87. The van der Waals surface area contributed by atoms with Crippen LogP contribution < -0.4 is 0 Å². The van der Waals surface area contributed by atoms with E-state index in [-0.39, 0.29) is 6.04 Å². The first-order chi connectivity index (χ1) is 14.1. The maximum Gasteiger partial charge on any atom is 0.0934 e. The van der Waals surface area contributed by atoms with Gasteiger partial charge in [0.1, 0.15) is 0 Å². The van der Waals surface area contributed by atoms with E-state index in [1.54, 1.807) is 0 Å². The molecule has 1 atom stereocenters. The molecule has 0 spiro atoms. The van der Waals surface area contributed by atoms with Gasteiger partial charge in [0.15, 0.2) is 0 Å². The summed E-state index contributed by atoms with van der Waals surface area (Å²) in [7, 11) is 0. The highest BCUT2D eigenvalue weighted by molar-refractivity contribution is 5.85. The lowest BCUT2D eigenvalue weighted by molar-refractivity contribution is 0.196. The second-order valence-corrected chi connectivity index (χ2v) is 8.36. The molecule has 1 aromatic carbocycles. The molecule has 148 valence electrons. The zero-order valence-corrected chi connectivity index (χ0v) is 17.2. The summed E-state index contributed by atoms with van der Waals surface area (Å²) in [5.41, 5.74) is 8.34. The second kappa shape index (κ2) is 7.16. The molecular weight excluding hydrogens is 358 g/mol. The molecule has 3 aromatic heterocycles. The van der Waals surface area contributed by atoms with E-state index in [4.69, 9.17) is 4.98 Å². The van der Waals surface area contributed by atoms with Gasteiger partial charge >= 0.3 is 0 Å². The molecule has 5 nitrogen and oxygen atoms in total. The fourth-order valence-corrected chi connectivity index (χ4v) is 4.49. The predicted molar refractivity (Wildman–Crippen MR) is 116 cm³/mol. The molecule has 29 heavy (non-hydrogen) atoms. The summed E-state index contributed by atoms with van der Waals surface area (Å²) in [6, 6.07) is 17.3. The lowest BCUT2D eigenvalue weighted by atomic mass is 9.94. The molecule has 1 aliphatic rings. The van der Waals surface area contributed by atoms with Crippen LogP contribution in [0.4, 0.5) is 0 Å². The number of hydrogen-bond acceptors (Lipinski definition) is 3. The molecule has 4 aromatic rings. The van der Waals surface area contributed by atoms with Crippen molar-refractivity contribution in [1.29, 1.82) is 0 Å². The third-order valence-corrected chi connectivity index (χ3v) is 5.94. The van der Waals surface area contributed by atoms with E-state index < -0.39 is 0 Å². The zero-order chi connectivity index (χ0) is 20.0. The van der Waals surface area contributed by atoms with Gasteiger partial charge in [0, 0.05) is 41.1 Å². The molecule has 0 aliphatic carbocycles. The number of hydrogen-bond donors (Lipinski definition) is 2. The molecule has 5 heteroatoms. The van der Waals surface area contributed by atoms with Gasteiger partial charge in [-0.2, -0.15) is 5.10 Å². The molecule has 0 bridgehead atoms. The Hall–Kier alpha value is -2.92. The summed E-state index contributed by atoms with van der Waals surface area (Å²) >= 11 is 0. The van der Waals surface area contributed by atoms with Crippen LogP contribution in [-0.2, 0) is 13.0 Å². The third kappa shape index (κ3) is 3.25. The summed E-state index contributed by atoms with van der Waals surface area (Å²) in [6.45, 7) is 8.24. The maximum absolute atomic E-state index is 4.90. The monoisotopic (exact) mass is 385 g/mol. The Morgan fingerprint density at radius 3 is 2.79 bits per heavy atom. The summed E-state index contributed by atoms with van der Waals surface area (Å²) in [5.74, 6) is 0.427. The lowest BCUT2D eigenvalue weighted by Gasteiger charge is -2.35. The van der Waals surface area contributed by atoms with Gasteiger partial charge in [0.2, 0.25) is 0 Å². The Balaban J connectivity index is 1.58. The number of nitrogens with zero attached hydrogens (tertiary/aromatic N) is 3. The average molecular weight is 386 g/mol. The van der Waals surface area contributed by atoms with Crippen LogP contribution in [0.1, 0.15) is 59.8 Å². The standard InChI is InChI=1S/C24H27N5/c1-15(2)22-13-17(27-28-22)14-29-12-11-19-18-8-4-5-9-20(18)26-23(19)24(29)21-10-6-7-16(3)25-21/h4-10,13,15,24,26H,11-12,14H2,1-3H3,(H,27,28). The molecule has 0 amide bonds. The Kier molecular flexibility index (Phi) is 4.47. The van der Waals surface area contributed by atoms with Crippen molar-refractivity contribution in [2.75, 3.05) is 6.54 Å². The van der Waals surface area contributed by atoms with Crippen LogP contribution in [0, 0.1) is 6.92 Å². The van der Waals surface area contributed by atoms with Crippen molar-refractivity contribution in [3.63, 3.8) is 0 Å². The zero-order valence-electron chi connectivity index (χ0n) is 17.2. The van der Waals surface area contributed by atoms with E-state index in [0.717, 1.165) is 42.3 Å². The Morgan fingerprint density at radius 2 is 2.00 bits per heavy atom. The van der Waals surface area contributed by atoms with Crippen LogP contribution in [0.3, 0.4) is 0 Å². The highest BCUT2D eigenvalue weighted by atomic mass is 15.2. The van der Waals surface area contributed by atoms with Crippen LogP contribution in [0.25, 0.3) is 10.9 Å². The number of benzene rings is 1. The van der Waals surface area contributed by atoms with E-state index in [2.05, 4.69) is 89.4 Å². The number of pyridine rings is 1. The summed E-state index contributed by atoms with van der Waals surface area (Å²) in [6.07, 6.45) is 1.03. The molecule has 0 saturated heterocycles. The van der Waals surface area contributed by atoms with Crippen LogP contribution in [0.5, 0.6) is 0 Å². The van der Waals surface area contributed by atoms with E-state index in [9.17, 15) is 0 Å². The Morgan fingerprint density at radius 1 is 1.14 bits per heavy atom. The number of nitrogens with one attached hydrogen (secondary N) is 2. The number of aromatic nitrogens is 4. The van der Waals surface area contributed by atoms with Crippen molar-refractivity contribution < 1.29 is 0 Å². The fourth-order valence-electron chi connectivity index (χ4n) is 4.49. The summed E-state index contributed by atoms with van der Waals surface area (Å²) in [5, 5.41) is 9.08. The largest absolute Gasteiger partial charge is 0.357 e. The van der Waals surface area contributed by atoms with E-state index >= 15 is 0 Å². The van der Waals surface area contributed by atoms with Crippen molar-refractivity contribution in [1.82, 2.24) is 25.1 Å². The number of aryl methyl sites for hydroxylation is 1. The smallest absolute Gasteiger partial charge is 0.0934 e. The van der Waals surface area contributed by atoms with Gasteiger partial charge in [-0.1, -0.05) is 38.1 Å². The molecule has 0 fully saturated rings. The van der Waals surface area contributed by atoms with Crippen molar-refractivity contribution in [2.24, 2.45) is 0 Å². The van der Waals surface area contributed by atoms with E-state index in [1.807, 2.05) is 0 Å².